The first-order valence-electron chi connectivity index (χ1n) is 5.40. The van der Waals surface area contributed by atoms with Gasteiger partial charge in [-0.2, -0.15) is 0 Å². The molecule has 2 rings (SSSR count). The van der Waals surface area contributed by atoms with Gasteiger partial charge in [-0.25, -0.2) is 0 Å². The second-order valence-electron chi connectivity index (χ2n) is 3.61. The normalized spacial score (nSPS) is 13.9. The molecule has 1 aromatic carbocycles. The third-order valence-electron chi connectivity index (χ3n) is 2.38. The van der Waals surface area contributed by atoms with E-state index in [-0.39, 0.29) is 5.76 Å². The molecule has 0 saturated heterocycles. The largest absolute Gasteiger partial charge is 0.497 e. The van der Waals surface area contributed by atoms with E-state index in [2.05, 4.69) is 5.32 Å². The summed E-state index contributed by atoms with van der Waals surface area (Å²) in [6, 6.07) is 5.00. The van der Waals surface area contributed by atoms with E-state index in [1.807, 2.05) is 0 Å². The van der Waals surface area contributed by atoms with E-state index in [4.69, 9.17) is 19.9 Å². The van der Waals surface area contributed by atoms with Gasteiger partial charge < -0.3 is 25.3 Å². The minimum Gasteiger partial charge on any atom is -0.497 e. The van der Waals surface area contributed by atoms with Crippen molar-refractivity contribution in [1.82, 2.24) is 0 Å². The Morgan fingerprint density at radius 2 is 2.28 bits per heavy atom. The summed E-state index contributed by atoms with van der Waals surface area (Å²) in [5.41, 5.74) is 6.67. The standard InChI is InChI=1S/C12H14N2O4/c1-16-8-2-3-9(13)10(6-8)14-12(15)11-7-17-4-5-18-11/h2-3,6-7H,4-5,13H2,1H3,(H,14,15). The Morgan fingerprint density at radius 1 is 1.44 bits per heavy atom. The molecule has 1 aromatic rings. The smallest absolute Gasteiger partial charge is 0.294 e. The van der Waals surface area contributed by atoms with Crippen molar-refractivity contribution in [1.29, 1.82) is 0 Å². The number of methoxy groups -OCH3 is 1. The van der Waals surface area contributed by atoms with Crippen molar-refractivity contribution in [2.24, 2.45) is 0 Å². The fourth-order valence-electron chi connectivity index (χ4n) is 1.44. The van der Waals surface area contributed by atoms with Crippen LogP contribution in [0.3, 0.4) is 0 Å². The number of ether oxygens (including phenoxy) is 3. The lowest BCUT2D eigenvalue weighted by atomic mass is 10.2. The Hall–Kier alpha value is -2.37. The highest BCUT2D eigenvalue weighted by Gasteiger charge is 2.16. The lowest BCUT2D eigenvalue weighted by Crippen LogP contribution is -2.21. The summed E-state index contributed by atoms with van der Waals surface area (Å²) in [5.74, 6) is 0.326. The summed E-state index contributed by atoms with van der Waals surface area (Å²) in [7, 11) is 1.54. The molecule has 3 N–H and O–H groups in total. The van der Waals surface area contributed by atoms with Crippen LogP contribution in [0.4, 0.5) is 11.4 Å². The Morgan fingerprint density at radius 3 is 2.94 bits per heavy atom. The van der Waals surface area contributed by atoms with Crippen LogP contribution in [0.5, 0.6) is 5.75 Å². The zero-order chi connectivity index (χ0) is 13.0. The molecular weight excluding hydrogens is 236 g/mol. The van der Waals surface area contributed by atoms with E-state index >= 15 is 0 Å². The number of nitrogens with two attached hydrogens (primary N) is 1. The molecule has 0 spiro atoms. The van der Waals surface area contributed by atoms with Gasteiger partial charge in [-0.1, -0.05) is 0 Å². The molecule has 0 aliphatic carbocycles. The van der Waals surface area contributed by atoms with Crippen LogP contribution < -0.4 is 15.8 Å². The molecule has 18 heavy (non-hydrogen) atoms. The maximum Gasteiger partial charge on any atom is 0.294 e. The minimum atomic E-state index is -0.408. The second kappa shape index (κ2) is 5.31. The molecule has 6 nitrogen and oxygen atoms in total. The number of hydrogen-bond acceptors (Lipinski definition) is 5. The van der Waals surface area contributed by atoms with E-state index in [1.54, 1.807) is 18.2 Å². The lowest BCUT2D eigenvalue weighted by molar-refractivity contribution is -0.117. The molecule has 1 aliphatic heterocycles. The molecular formula is C12H14N2O4. The van der Waals surface area contributed by atoms with E-state index in [9.17, 15) is 4.79 Å². The summed E-state index contributed by atoms with van der Waals surface area (Å²) in [6.07, 6.45) is 1.29. The van der Waals surface area contributed by atoms with Crippen LogP contribution in [-0.2, 0) is 14.3 Å². The summed E-state index contributed by atoms with van der Waals surface area (Å²) >= 11 is 0. The Bertz CT molecular complexity index is 485. The number of anilines is 2. The third-order valence-corrected chi connectivity index (χ3v) is 2.38. The fourth-order valence-corrected chi connectivity index (χ4v) is 1.44. The number of carbonyl (C=O) groups is 1. The van der Waals surface area contributed by atoms with Crippen molar-refractivity contribution in [3.63, 3.8) is 0 Å². The Kier molecular flexibility index (Phi) is 3.57. The van der Waals surface area contributed by atoms with Gasteiger partial charge in [-0.3, -0.25) is 4.79 Å². The van der Waals surface area contributed by atoms with Gasteiger partial charge in [-0.15, -0.1) is 0 Å². The predicted molar refractivity (Wildman–Crippen MR) is 66.0 cm³/mol. The molecule has 0 fully saturated rings. The average Bonchev–Trinajstić information content (AvgIpc) is 2.42. The van der Waals surface area contributed by atoms with Gasteiger partial charge in [0.15, 0.2) is 0 Å². The van der Waals surface area contributed by atoms with E-state index in [0.29, 0.717) is 30.3 Å². The second-order valence-corrected chi connectivity index (χ2v) is 3.61. The van der Waals surface area contributed by atoms with Crippen LogP contribution in [0.15, 0.2) is 30.2 Å². The van der Waals surface area contributed by atoms with Crippen LogP contribution in [-0.4, -0.2) is 26.2 Å². The summed E-state index contributed by atoms with van der Waals surface area (Å²) in [5, 5.41) is 2.64. The summed E-state index contributed by atoms with van der Waals surface area (Å²) in [6.45, 7) is 0.797. The number of nitrogen functional groups attached to an aromatic ring is 1. The Labute approximate surface area is 104 Å². The molecule has 1 aliphatic rings. The Balaban J connectivity index is 2.13. The highest BCUT2D eigenvalue weighted by molar-refractivity contribution is 6.03. The lowest BCUT2D eigenvalue weighted by Gasteiger charge is -2.16. The van der Waals surface area contributed by atoms with Gasteiger partial charge >= 0.3 is 0 Å². The maximum atomic E-state index is 11.8. The molecule has 1 amide bonds. The van der Waals surface area contributed by atoms with Crippen molar-refractivity contribution >= 4 is 17.3 Å². The first-order chi connectivity index (χ1) is 8.70. The summed E-state index contributed by atoms with van der Waals surface area (Å²) < 4.78 is 15.2. The van der Waals surface area contributed by atoms with Crippen LogP contribution in [0.25, 0.3) is 0 Å². The number of amides is 1. The molecule has 0 saturated carbocycles. The van der Waals surface area contributed by atoms with Crippen molar-refractivity contribution in [3.05, 3.63) is 30.2 Å². The molecule has 0 unspecified atom stereocenters. The zero-order valence-electron chi connectivity index (χ0n) is 9.93. The third kappa shape index (κ3) is 2.65. The first kappa shape index (κ1) is 12.1. The maximum absolute atomic E-state index is 11.8. The average molecular weight is 250 g/mol. The van der Waals surface area contributed by atoms with Gasteiger partial charge in [-0.05, 0) is 12.1 Å². The summed E-state index contributed by atoms with van der Waals surface area (Å²) in [4.78, 5) is 11.8. The number of benzene rings is 1. The zero-order valence-corrected chi connectivity index (χ0v) is 9.93. The van der Waals surface area contributed by atoms with Crippen molar-refractivity contribution in [2.45, 2.75) is 0 Å². The van der Waals surface area contributed by atoms with Gasteiger partial charge in [0.1, 0.15) is 25.2 Å². The van der Waals surface area contributed by atoms with Crippen molar-refractivity contribution in [2.75, 3.05) is 31.4 Å². The van der Waals surface area contributed by atoms with Crippen molar-refractivity contribution < 1.29 is 19.0 Å². The highest BCUT2D eigenvalue weighted by Crippen LogP contribution is 2.25. The fraction of sp³-hybridized carbons (Fsp3) is 0.250. The molecule has 0 atom stereocenters. The first-order valence-corrected chi connectivity index (χ1v) is 5.40. The molecule has 0 aromatic heterocycles. The van der Waals surface area contributed by atoms with Crippen molar-refractivity contribution in [3.8, 4) is 5.75 Å². The van der Waals surface area contributed by atoms with Gasteiger partial charge in [0, 0.05) is 6.07 Å². The van der Waals surface area contributed by atoms with E-state index < -0.39 is 5.91 Å². The van der Waals surface area contributed by atoms with Gasteiger partial charge in [0.2, 0.25) is 5.76 Å². The quantitative estimate of drug-likeness (QED) is 0.785. The number of nitrogens with one attached hydrogen (secondary N) is 1. The van der Waals surface area contributed by atoms with Crippen LogP contribution in [0.1, 0.15) is 0 Å². The predicted octanol–water partition coefficient (Wildman–Crippen LogP) is 1.10. The minimum absolute atomic E-state index is 0.128. The topological polar surface area (TPSA) is 82.8 Å². The number of rotatable bonds is 3. The van der Waals surface area contributed by atoms with E-state index in [0.717, 1.165) is 0 Å². The molecule has 0 bridgehead atoms. The van der Waals surface area contributed by atoms with Crippen LogP contribution in [0.2, 0.25) is 0 Å². The molecule has 0 radical (unpaired) electrons. The van der Waals surface area contributed by atoms with Crippen LogP contribution in [0, 0.1) is 0 Å². The van der Waals surface area contributed by atoms with Gasteiger partial charge in [0.25, 0.3) is 5.91 Å². The van der Waals surface area contributed by atoms with E-state index in [1.165, 1.54) is 13.4 Å². The number of hydrogen-bond donors (Lipinski definition) is 2. The molecule has 6 heteroatoms. The monoisotopic (exact) mass is 250 g/mol. The molecule has 1 heterocycles. The molecule has 96 valence electrons. The van der Waals surface area contributed by atoms with Crippen LogP contribution >= 0.6 is 0 Å². The van der Waals surface area contributed by atoms with Gasteiger partial charge in [0.05, 0.1) is 18.5 Å². The highest BCUT2D eigenvalue weighted by atomic mass is 16.6. The number of carbonyl (C=O) groups excluding carboxylic acids is 1. The SMILES string of the molecule is COc1ccc(N)c(NC(=O)C2=COCCO2)c1.